The molecule has 0 spiro atoms. The summed E-state index contributed by atoms with van der Waals surface area (Å²) in [7, 11) is 0. The summed E-state index contributed by atoms with van der Waals surface area (Å²) in [5, 5.41) is 11.8. The molecule has 0 atom stereocenters. The molecule has 0 aliphatic rings. The van der Waals surface area contributed by atoms with E-state index in [9.17, 15) is 4.79 Å². The minimum absolute atomic E-state index is 0.0202. The molecule has 1 amide bonds. The number of carbonyl (C=O) groups is 1. The van der Waals surface area contributed by atoms with Gasteiger partial charge in [0, 0.05) is 12.2 Å². The van der Waals surface area contributed by atoms with Gasteiger partial charge in [0.05, 0.1) is 12.2 Å². The van der Waals surface area contributed by atoms with Crippen LogP contribution in [-0.2, 0) is 13.2 Å². The number of nitrogens with two attached hydrogens (primary N) is 1. The van der Waals surface area contributed by atoms with Crippen molar-refractivity contribution in [2.45, 2.75) is 20.1 Å². The van der Waals surface area contributed by atoms with E-state index in [4.69, 9.17) is 10.8 Å². The van der Waals surface area contributed by atoms with Gasteiger partial charge in [-0.05, 0) is 29.7 Å². The lowest BCUT2D eigenvalue weighted by molar-refractivity contribution is 0.0951. The maximum Gasteiger partial charge on any atom is 0.253 e. The number of nitrogens with one attached hydrogen (secondary N) is 1. The first-order valence-electron chi connectivity index (χ1n) is 6.44. The number of benzene rings is 2. The molecule has 104 valence electrons. The van der Waals surface area contributed by atoms with E-state index in [-0.39, 0.29) is 12.5 Å². The monoisotopic (exact) mass is 270 g/mol. The van der Waals surface area contributed by atoms with E-state index in [2.05, 4.69) is 5.32 Å². The molecule has 0 radical (unpaired) electrons. The largest absolute Gasteiger partial charge is 0.398 e. The lowest BCUT2D eigenvalue weighted by atomic mass is 10.1. The molecule has 0 bridgehead atoms. The van der Waals surface area contributed by atoms with Crippen molar-refractivity contribution in [1.82, 2.24) is 5.32 Å². The molecule has 4 heteroatoms. The third-order valence-corrected chi connectivity index (χ3v) is 3.19. The number of amides is 1. The average Bonchev–Trinajstić information content (AvgIpc) is 2.45. The Morgan fingerprint density at radius 3 is 2.40 bits per heavy atom. The molecule has 2 aromatic carbocycles. The summed E-state index contributed by atoms with van der Waals surface area (Å²) in [6.07, 6.45) is 0. The fourth-order valence-corrected chi connectivity index (χ4v) is 2.03. The van der Waals surface area contributed by atoms with E-state index >= 15 is 0 Å². The zero-order valence-corrected chi connectivity index (χ0v) is 11.4. The standard InChI is InChI=1S/C16H18N2O2/c1-11-3-2-4-14(17)15(11)16(20)18-9-12-5-7-13(10-19)8-6-12/h2-8,19H,9-10,17H2,1H3,(H,18,20). The second-order valence-corrected chi connectivity index (χ2v) is 4.70. The topological polar surface area (TPSA) is 75.4 Å². The zero-order chi connectivity index (χ0) is 14.5. The van der Waals surface area contributed by atoms with Crippen LogP contribution in [0.1, 0.15) is 27.0 Å². The van der Waals surface area contributed by atoms with Crippen molar-refractivity contribution in [3.63, 3.8) is 0 Å². The van der Waals surface area contributed by atoms with Gasteiger partial charge >= 0.3 is 0 Å². The first-order valence-corrected chi connectivity index (χ1v) is 6.44. The number of aliphatic hydroxyl groups is 1. The number of aryl methyl sites for hydroxylation is 1. The number of nitrogen functional groups attached to an aromatic ring is 1. The Kier molecular flexibility index (Phi) is 4.38. The van der Waals surface area contributed by atoms with E-state index in [1.165, 1.54) is 0 Å². The summed E-state index contributed by atoms with van der Waals surface area (Å²) in [5.74, 6) is -0.174. The number of carbonyl (C=O) groups excluding carboxylic acids is 1. The first kappa shape index (κ1) is 14.1. The van der Waals surface area contributed by atoms with Crippen LogP contribution in [-0.4, -0.2) is 11.0 Å². The number of aliphatic hydroxyl groups excluding tert-OH is 1. The summed E-state index contributed by atoms with van der Waals surface area (Å²) in [6, 6.07) is 12.8. The molecule has 20 heavy (non-hydrogen) atoms. The number of anilines is 1. The lowest BCUT2D eigenvalue weighted by Crippen LogP contribution is -2.24. The summed E-state index contributed by atoms with van der Waals surface area (Å²) < 4.78 is 0. The van der Waals surface area contributed by atoms with Crippen molar-refractivity contribution in [2.75, 3.05) is 5.73 Å². The molecule has 0 saturated heterocycles. The Morgan fingerprint density at radius 2 is 1.80 bits per heavy atom. The van der Waals surface area contributed by atoms with Crippen molar-refractivity contribution in [1.29, 1.82) is 0 Å². The zero-order valence-electron chi connectivity index (χ0n) is 11.4. The summed E-state index contributed by atoms with van der Waals surface area (Å²) in [4.78, 5) is 12.2. The van der Waals surface area contributed by atoms with Gasteiger partial charge in [-0.1, -0.05) is 36.4 Å². The third-order valence-electron chi connectivity index (χ3n) is 3.19. The van der Waals surface area contributed by atoms with Crippen LogP contribution in [0.4, 0.5) is 5.69 Å². The van der Waals surface area contributed by atoms with Gasteiger partial charge in [-0.2, -0.15) is 0 Å². The molecule has 2 aromatic rings. The molecule has 0 heterocycles. The molecular formula is C16H18N2O2. The van der Waals surface area contributed by atoms with Crippen LogP contribution in [0.15, 0.2) is 42.5 Å². The molecular weight excluding hydrogens is 252 g/mol. The molecule has 0 aromatic heterocycles. The van der Waals surface area contributed by atoms with E-state index < -0.39 is 0 Å². The molecule has 0 unspecified atom stereocenters. The van der Waals surface area contributed by atoms with Gasteiger partial charge in [0.25, 0.3) is 5.91 Å². The van der Waals surface area contributed by atoms with Crippen LogP contribution in [0.3, 0.4) is 0 Å². The van der Waals surface area contributed by atoms with Gasteiger partial charge in [0.1, 0.15) is 0 Å². The number of rotatable bonds is 4. The van der Waals surface area contributed by atoms with Crippen LogP contribution in [0.5, 0.6) is 0 Å². The molecule has 2 rings (SSSR count). The summed E-state index contributed by atoms with van der Waals surface area (Å²) >= 11 is 0. The Morgan fingerprint density at radius 1 is 1.15 bits per heavy atom. The molecule has 0 aliphatic carbocycles. The highest BCUT2D eigenvalue weighted by Gasteiger charge is 2.11. The molecule has 4 N–H and O–H groups in total. The predicted octanol–water partition coefficient (Wildman–Crippen LogP) is 2.00. The minimum atomic E-state index is -0.174. The lowest BCUT2D eigenvalue weighted by Gasteiger charge is -2.10. The second kappa shape index (κ2) is 6.21. The van der Waals surface area contributed by atoms with E-state index in [0.717, 1.165) is 16.7 Å². The predicted molar refractivity (Wildman–Crippen MR) is 79.1 cm³/mol. The van der Waals surface area contributed by atoms with Crippen LogP contribution in [0.2, 0.25) is 0 Å². The average molecular weight is 270 g/mol. The fraction of sp³-hybridized carbons (Fsp3) is 0.188. The number of hydrogen-bond acceptors (Lipinski definition) is 3. The fourth-order valence-electron chi connectivity index (χ4n) is 2.03. The maximum absolute atomic E-state index is 12.2. The van der Waals surface area contributed by atoms with E-state index in [0.29, 0.717) is 17.8 Å². The van der Waals surface area contributed by atoms with E-state index in [1.807, 2.05) is 43.3 Å². The van der Waals surface area contributed by atoms with Crippen LogP contribution in [0, 0.1) is 6.92 Å². The maximum atomic E-state index is 12.2. The quantitative estimate of drug-likeness (QED) is 0.744. The summed E-state index contributed by atoms with van der Waals surface area (Å²) in [5.41, 5.74) is 9.54. The Balaban J connectivity index is 2.05. The van der Waals surface area contributed by atoms with Crippen LogP contribution >= 0.6 is 0 Å². The SMILES string of the molecule is Cc1cccc(N)c1C(=O)NCc1ccc(CO)cc1. The van der Waals surface area contributed by atoms with Gasteiger partial charge < -0.3 is 16.2 Å². The molecule has 0 fully saturated rings. The highest BCUT2D eigenvalue weighted by atomic mass is 16.3. The second-order valence-electron chi connectivity index (χ2n) is 4.70. The smallest absolute Gasteiger partial charge is 0.253 e. The van der Waals surface area contributed by atoms with Gasteiger partial charge in [-0.3, -0.25) is 4.79 Å². The third kappa shape index (κ3) is 3.16. The first-order chi connectivity index (χ1) is 9.61. The van der Waals surface area contributed by atoms with Gasteiger partial charge in [-0.15, -0.1) is 0 Å². The number of hydrogen-bond donors (Lipinski definition) is 3. The Labute approximate surface area is 118 Å². The van der Waals surface area contributed by atoms with Crippen molar-refractivity contribution in [3.05, 3.63) is 64.7 Å². The summed E-state index contributed by atoms with van der Waals surface area (Å²) in [6.45, 7) is 2.31. The van der Waals surface area contributed by atoms with Crippen molar-refractivity contribution in [3.8, 4) is 0 Å². The normalized spacial score (nSPS) is 10.3. The van der Waals surface area contributed by atoms with E-state index in [1.54, 1.807) is 6.07 Å². The van der Waals surface area contributed by atoms with Gasteiger partial charge in [-0.25, -0.2) is 0 Å². The van der Waals surface area contributed by atoms with Crippen LogP contribution in [0.25, 0.3) is 0 Å². The molecule has 0 saturated carbocycles. The van der Waals surface area contributed by atoms with Crippen molar-refractivity contribution < 1.29 is 9.90 Å². The Hall–Kier alpha value is -2.33. The van der Waals surface area contributed by atoms with Crippen molar-refractivity contribution in [2.24, 2.45) is 0 Å². The Bertz CT molecular complexity index is 586. The minimum Gasteiger partial charge on any atom is -0.398 e. The van der Waals surface area contributed by atoms with Crippen LogP contribution < -0.4 is 11.1 Å². The van der Waals surface area contributed by atoms with Crippen molar-refractivity contribution >= 4 is 11.6 Å². The highest BCUT2D eigenvalue weighted by molar-refractivity contribution is 6.00. The van der Waals surface area contributed by atoms with Gasteiger partial charge in [0.15, 0.2) is 0 Å². The molecule has 4 nitrogen and oxygen atoms in total. The molecule has 0 aliphatic heterocycles. The highest BCUT2D eigenvalue weighted by Crippen LogP contribution is 2.16. The van der Waals surface area contributed by atoms with Gasteiger partial charge in [0.2, 0.25) is 0 Å².